The number of aliphatic carboxylic acids is 2. The van der Waals surface area contributed by atoms with E-state index >= 15 is 0 Å². The predicted octanol–water partition coefficient (Wildman–Crippen LogP) is 6.33. The lowest BCUT2D eigenvalue weighted by molar-refractivity contribution is -0.149. The third-order valence-corrected chi connectivity index (χ3v) is 14.4. The fraction of sp³-hybridized carbons (Fsp3) is 0.436. The number of hydrogen-bond donors (Lipinski definition) is 3. The first-order valence-electron chi connectivity index (χ1n) is 17.3. The number of carbonyl (C=O) groups is 4. The van der Waals surface area contributed by atoms with E-state index in [0.29, 0.717) is 43.9 Å². The third-order valence-electron chi connectivity index (χ3n) is 9.64. The van der Waals surface area contributed by atoms with E-state index in [1.807, 2.05) is 43.3 Å². The number of nitrogens with zero attached hydrogens (tertiary/aromatic N) is 2. The molecule has 0 aromatic heterocycles. The van der Waals surface area contributed by atoms with Gasteiger partial charge in [-0.15, -0.1) is 0 Å². The van der Waals surface area contributed by atoms with Crippen LogP contribution in [0.2, 0.25) is 0 Å². The Morgan fingerprint density at radius 2 is 0.981 bits per heavy atom. The van der Waals surface area contributed by atoms with Gasteiger partial charge in [0.2, 0.25) is 11.8 Å². The van der Waals surface area contributed by atoms with Gasteiger partial charge in [0.1, 0.15) is 29.3 Å². The summed E-state index contributed by atoms with van der Waals surface area (Å²) in [5.74, 6) is 0.540. The fourth-order valence-electron chi connectivity index (χ4n) is 6.79. The highest BCUT2D eigenvalue weighted by Crippen LogP contribution is 2.69. The van der Waals surface area contributed by atoms with Gasteiger partial charge in [0.25, 0.3) is 0 Å². The summed E-state index contributed by atoms with van der Waals surface area (Å²) < 4.78 is 16.3. The molecule has 5 rings (SSSR count). The predicted molar refractivity (Wildman–Crippen MR) is 203 cm³/mol. The normalized spacial score (nSPS) is 18.4. The quantitative estimate of drug-likeness (QED) is 0.171. The summed E-state index contributed by atoms with van der Waals surface area (Å²) in [6.45, 7) is 4.72. The highest BCUT2D eigenvalue weighted by Gasteiger charge is 2.40. The molecule has 0 radical (unpaired) electrons. The Morgan fingerprint density at radius 1 is 0.654 bits per heavy atom. The van der Waals surface area contributed by atoms with Gasteiger partial charge in [0, 0.05) is 36.4 Å². The van der Waals surface area contributed by atoms with E-state index in [0.717, 1.165) is 38.4 Å². The molecule has 2 aliphatic rings. The van der Waals surface area contributed by atoms with Gasteiger partial charge in [-0.3, -0.25) is 9.59 Å². The minimum atomic E-state index is -1.98. The van der Waals surface area contributed by atoms with Gasteiger partial charge in [-0.25, -0.2) is 9.59 Å². The van der Waals surface area contributed by atoms with Crippen LogP contribution in [0.5, 0.6) is 17.2 Å². The van der Waals surface area contributed by atoms with Gasteiger partial charge in [-0.2, -0.15) is 22.7 Å². The summed E-state index contributed by atoms with van der Waals surface area (Å²) in [5.41, 5.74) is 0. The van der Waals surface area contributed by atoms with E-state index in [1.165, 1.54) is 4.90 Å². The first-order valence-corrected chi connectivity index (χ1v) is 19.8. The Balaban J connectivity index is 0.000000363. The number of amides is 2. The fourth-order valence-corrected chi connectivity index (χ4v) is 11.0. The van der Waals surface area contributed by atoms with Crippen molar-refractivity contribution in [3.8, 4) is 17.2 Å². The molecule has 0 unspecified atom stereocenters. The van der Waals surface area contributed by atoms with E-state index in [-0.39, 0.29) is 17.7 Å². The number of methoxy groups -OCH3 is 3. The summed E-state index contributed by atoms with van der Waals surface area (Å²) in [4.78, 5) is 54.3. The number of carbonyl (C=O) groups excluding carboxylic acids is 2. The number of benzene rings is 3. The summed E-state index contributed by atoms with van der Waals surface area (Å²) >= 11 is 4.03. The van der Waals surface area contributed by atoms with Crippen molar-refractivity contribution in [3.05, 3.63) is 72.8 Å². The average Bonchev–Trinajstić information content (AvgIpc) is 3.88. The summed E-state index contributed by atoms with van der Waals surface area (Å²) in [5, 5.41) is 18.6. The lowest BCUT2D eigenvalue weighted by atomic mass is 10.1. The molecule has 4 atom stereocenters. The topological polar surface area (TPSA) is 143 Å². The molecule has 2 saturated heterocycles. The maximum atomic E-state index is 13.7. The Hall–Kier alpha value is -4.36. The summed E-state index contributed by atoms with van der Waals surface area (Å²) in [6, 6.07) is 22.7. The van der Waals surface area contributed by atoms with E-state index in [4.69, 9.17) is 19.3 Å². The first-order chi connectivity index (χ1) is 24.9. The van der Waals surface area contributed by atoms with Gasteiger partial charge in [0.05, 0.1) is 21.3 Å². The van der Waals surface area contributed by atoms with Gasteiger partial charge >= 0.3 is 11.9 Å². The molecule has 52 heavy (non-hydrogen) atoms. The molecule has 2 heterocycles. The molecule has 0 saturated carbocycles. The monoisotopic (exact) mass is 754 g/mol. The third kappa shape index (κ3) is 8.98. The molecule has 282 valence electrons. The second-order valence-electron chi connectivity index (χ2n) is 13.0. The largest absolute Gasteiger partial charge is 0.497 e. The highest BCUT2D eigenvalue weighted by atomic mass is 32.3. The lowest BCUT2D eigenvalue weighted by Gasteiger charge is -2.43. The Labute approximate surface area is 313 Å². The second kappa shape index (κ2) is 18.4. The van der Waals surface area contributed by atoms with Crippen molar-refractivity contribution in [2.75, 3.05) is 45.9 Å². The Bertz CT molecular complexity index is 1550. The Kier molecular flexibility index (Phi) is 14.3. The van der Waals surface area contributed by atoms with E-state index in [9.17, 15) is 24.3 Å². The van der Waals surface area contributed by atoms with Crippen LogP contribution in [-0.4, -0.2) is 102 Å². The highest BCUT2D eigenvalue weighted by molar-refractivity contribution is 8.33. The molecule has 11 nitrogen and oxygen atoms in total. The molecule has 0 spiro atoms. The first kappa shape index (κ1) is 40.4. The maximum absolute atomic E-state index is 13.7. The van der Waals surface area contributed by atoms with Gasteiger partial charge in [0.15, 0.2) is 0 Å². The summed E-state index contributed by atoms with van der Waals surface area (Å²) in [6.07, 6.45) is 2.53. The lowest BCUT2D eigenvalue weighted by Crippen LogP contribution is -2.44. The van der Waals surface area contributed by atoms with Crippen LogP contribution in [0.1, 0.15) is 39.5 Å². The number of rotatable bonds is 13. The van der Waals surface area contributed by atoms with Crippen molar-refractivity contribution in [1.29, 1.82) is 0 Å². The van der Waals surface area contributed by atoms with Gasteiger partial charge in [-0.1, -0.05) is 13.8 Å². The SMILES string of the molecule is COc1ccc(S(C[C@H](C)C(=O)N2CCC[C@H]2C(=O)O)(c2ccc(OC)cc2)c2ccc(OC)cc2)cc1.C[C@@H](CS)C(=O)N1CCC[C@H]1C(=O)O. The molecular formula is C39H50N2O9S2. The van der Waals surface area contributed by atoms with Gasteiger partial charge < -0.3 is 34.2 Å². The van der Waals surface area contributed by atoms with Crippen LogP contribution in [-0.2, 0) is 19.2 Å². The number of hydrogen-bond acceptors (Lipinski definition) is 8. The zero-order valence-electron chi connectivity index (χ0n) is 30.4. The minimum absolute atomic E-state index is 0.0927. The molecule has 0 bridgehead atoms. The van der Waals surface area contributed by atoms with E-state index in [1.54, 1.807) is 33.2 Å². The molecule has 2 fully saturated rings. The molecule has 3 aromatic carbocycles. The van der Waals surface area contributed by atoms with Crippen LogP contribution in [0.25, 0.3) is 0 Å². The van der Waals surface area contributed by atoms with Crippen molar-refractivity contribution in [3.63, 3.8) is 0 Å². The number of likely N-dealkylation sites (tertiary alicyclic amines) is 2. The molecule has 0 aliphatic carbocycles. The molecule has 2 aliphatic heterocycles. The number of carboxylic acid groups (broad SMARTS) is 2. The average molecular weight is 755 g/mol. The molecule has 2 N–H and O–H groups in total. The zero-order valence-corrected chi connectivity index (χ0v) is 32.1. The molecule has 2 amide bonds. The van der Waals surface area contributed by atoms with Crippen molar-refractivity contribution in [2.24, 2.45) is 11.8 Å². The van der Waals surface area contributed by atoms with Gasteiger partial charge in [-0.05, 0) is 113 Å². The van der Waals surface area contributed by atoms with Crippen LogP contribution in [0, 0.1) is 11.8 Å². The molecule has 3 aromatic rings. The minimum Gasteiger partial charge on any atom is -0.497 e. The smallest absolute Gasteiger partial charge is 0.326 e. The maximum Gasteiger partial charge on any atom is 0.326 e. The number of ether oxygens (including phenoxy) is 3. The Morgan fingerprint density at radius 3 is 1.27 bits per heavy atom. The standard InChI is InChI=1S/C30H35NO6S.C9H15NO3S/c1-21(29(32)31-19-5-6-28(31)30(33)34)20-38(25-13-7-22(35-2)8-14-25,26-15-9-23(36-3)10-16-26)27-17-11-24(37-4)12-18-27;1-6(5-14)8(11)10-4-2-3-7(10)9(12)13/h7-18,21,28H,5-6,19-20H2,1-4H3,(H,33,34);6-7,14H,2-5H2,1H3,(H,12,13)/t21-,28-;6-,7-/m00/s1. The van der Waals surface area contributed by atoms with Crippen LogP contribution < -0.4 is 14.2 Å². The molecular weight excluding hydrogens is 705 g/mol. The van der Waals surface area contributed by atoms with Crippen LogP contribution in [0.3, 0.4) is 0 Å². The van der Waals surface area contributed by atoms with E-state index < -0.39 is 40.0 Å². The van der Waals surface area contributed by atoms with E-state index in [2.05, 4.69) is 49.0 Å². The van der Waals surface area contributed by atoms with Crippen LogP contribution in [0.15, 0.2) is 87.5 Å². The summed E-state index contributed by atoms with van der Waals surface area (Å²) in [7, 11) is 2.93. The van der Waals surface area contributed by atoms with Crippen molar-refractivity contribution in [1.82, 2.24) is 9.80 Å². The number of carboxylic acids is 2. The zero-order chi connectivity index (χ0) is 38.0. The van der Waals surface area contributed by atoms with Crippen molar-refractivity contribution >= 4 is 46.4 Å². The van der Waals surface area contributed by atoms with Crippen molar-refractivity contribution in [2.45, 2.75) is 66.3 Å². The molecule has 13 heteroatoms. The van der Waals surface area contributed by atoms with Crippen LogP contribution >= 0.6 is 22.7 Å². The van der Waals surface area contributed by atoms with Crippen molar-refractivity contribution < 1.29 is 43.6 Å². The second-order valence-corrected chi connectivity index (χ2v) is 16.6. The van der Waals surface area contributed by atoms with Crippen LogP contribution in [0.4, 0.5) is 0 Å². The number of thiol groups is 1.